The SMILES string of the molecule is CCCCCCCCCCCCCCCCCCCC(=O)OC(COC(=O)NCCCCCCCCCCCCCCCC)C(=O)NCCOCCOC. The Morgan fingerprint density at radius 3 is 1.30 bits per heavy atom. The predicted molar refractivity (Wildman–Crippen MR) is 224 cm³/mol. The van der Waals surface area contributed by atoms with Gasteiger partial charge >= 0.3 is 12.1 Å². The van der Waals surface area contributed by atoms with Gasteiger partial charge in [0.25, 0.3) is 5.91 Å². The maximum absolute atomic E-state index is 12.8. The van der Waals surface area contributed by atoms with Crippen molar-refractivity contribution < 1.29 is 33.3 Å². The Kier molecular flexibility index (Phi) is 42.3. The van der Waals surface area contributed by atoms with Crippen molar-refractivity contribution in [3.63, 3.8) is 0 Å². The molecule has 0 heterocycles. The summed E-state index contributed by atoms with van der Waals surface area (Å²) in [7, 11) is 1.60. The van der Waals surface area contributed by atoms with Crippen molar-refractivity contribution in [2.45, 2.75) is 225 Å². The first-order valence-electron chi connectivity index (χ1n) is 23.0. The number of nitrogens with one attached hydrogen (secondary N) is 2. The number of alkyl carbamates (subject to hydrolysis) is 1. The second-order valence-electron chi connectivity index (χ2n) is 15.4. The second-order valence-corrected chi connectivity index (χ2v) is 15.4. The van der Waals surface area contributed by atoms with E-state index in [0.717, 1.165) is 32.1 Å². The summed E-state index contributed by atoms with van der Waals surface area (Å²) in [5.41, 5.74) is 0. The molecule has 0 radical (unpaired) electrons. The monoisotopic (exact) mass is 769 g/mol. The predicted octanol–water partition coefficient (Wildman–Crippen LogP) is 11.9. The smallest absolute Gasteiger partial charge is 0.407 e. The molecule has 9 heteroatoms. The average Bonchev–Trinajstić information content (AvgIpc) is 3.17. The topological polar surface area (TPSA) is 112 Å². The second kappa shape index (κ2) is 43.9. The molecule has 0 rings (SSSR count). The van der Waals surface area contributed by atoms with Gasteiger partial charge in [-0.3, -0.25) is 9.59 Å². The van der Waals surface area contributed by atoms with E-state index in [9.17, 15) is 14.4 Å². The van der Waals surface area contributed by atoms with Crippen LogP contribution in [-0.2, 0) is 28.5 Å². The van der Waals surface area contributed by atoms with Crippen LogP contribution in [0.2, 0.25) is 0 Å². The summed E-state index contributed by atoms with van der Waals surface area (Å²) in [5, 5.41) is 5.49. The highest BCUT2D eigenvalue weighted by atomic mass is 16.6. The van der Waals surface area contributed by atoms with Crippen LogP contribution in [0.3, 0.4) is 0 Å². The number of carbonyl (C=O) groups excluding carboxylic acids is 3. The molecule has 0 saturated heterocycles. The van der Waals surface area contributed by atoms with E-state index in [1.54, 1.807) is 7.11 Å². The van der Waals surface area contributed by atoms with E-state index in [2.05, 4.69) is 24.5 Å². The van der Waals surface area contributed by atoms with Crippen LogP contribution < -0.4 is 10.6 Å². The van der Waals surface area contributed by atoms with Gasteiger partial charge < -0.3 is 29.6 Å². The minimum atomic E-state index is -1.20. The van der Waals surface area contributed by atoms with Crippen LogP contribution in [0.4, 0.5) is 4.79 Å². The lowest BCUT2D eigenvalue weighted by Gasteiger charge is -2.18. The number of unbranched alkanes of at least 4 members (excludes halogenated alkanes) is 29. The molecule has 9 nitrogen and oxygen atoms in total. The van der Waals surface area contributed by atoms with E-state index in [0.29, 0.717) is 26.4 Å². The molecule has 1 unspecified atom stereocenters. The number of rotatable bonds is 43. The van der Waals surface area contributed by atoms with Gasteiger partial charge in [-0.2, -0.15) is 0 Å². The first-order valence-corrected chi connectivity index (χ1v) is 23.0. The lowest BCUT2D eigenvalue weighted by atomic mass is 10.0. The van der Waals surface area contributed by atoms with E-state index in [4.69, 9.17) is 18.9 Å². The Bertz CT molecular complexity index is 813. The Balaban J connectivity index is 4.11. The number of esters is 1. The minimum absolute atomic E-state index is 0.244. The first-order chi connectivity index (χ1) is 26.5. The molecule has 0 bridgehead atoms. The summed E-state index contributed by atoms with van der Waals surface area (Å²) in [6.07, 6.45) is 38.0. The molecule has 0 fully saturated rings. The van der Waals surface area contributed by atoms with Gasteiger partial charge in [-0.1, -0.05) is 200 Å². The molecule has 320 valence electrons. The molecule has 0 aliphatic rings. The van der Waals surface area contributed by atoms with Crippen LogP contribution in [0.5, 0.6) is 0 Å². The Hall–Kier alpha value is -1.87. The van der Waals surface area contributed by atoms with Gasteiger partial charge in [0.05, 0.1) is 19.8 Å². The van der Waals surface area contributed by atoms with Gasteiger partial charge in [-0.05, 0) is 12.8 Å². The molecule has 2 N–H and O–H groups in total. The molecule has 0 aliphatic heterocycles. The molecule has 0 aliphatic carbocycles. The molecule has 0 aromatic rings. The molecule has 2 amide bonds. The highest BCUT2D eigenvalue weighted by molar-refractivity contribution is 5.84. The molecular weight excluding hydrogens is 681 g/mol. The summed E-state index contributed by atoms with van der Waals surface area (Å²) in [5.74, 6) is -0.945. The quantitative estimate of drug-likeness (QED) is 0.0469. The van der Waals surface area contributed by atoms with Crippen LogP contribution in [0.25, 0.3) is 0 Å². The number of amides is 2. The largest absolute Gasteiger partial charge is 0.449 e. The molecule has 0 saturated carbocycles. The maximum Gasteiger partial charge on any atom is 0.407 e. The molecular formula is C45H88N2O7. The fourth-order valence-electron chi connectivity index (χ4n) is 6.69. The number of hydrogen-bond donors (Lipinski definition) is 2. The van der Waals surface area contributed by atoms with Crippen molar-refractivity contribution >= 4 is 18.0 Å². The van der Waals surface area contributed by atoms with Crippen molar-refractivity contribution in [1.29, 1.82) is 0 Å². The molecule has 54 heavy (non-hydrogen) atoms. The van der Waals surface area contributed by atoms with E-state index in [-0.39, 0.29) is 19.6 Å². The van der Waals surface area contributed by atoms with Gasteiger partial charge in [0, 0.05) is 26.6 Å². The molecule has 0 aromatic heterocycles. The zero-order valence-electron chi connectivity index (χ0n) is 35.8. The zero-order chi connectivity index (χ0) is 39.4. The van der Waals surface area contributed by atoms with Gasteiger partial charge in [-0.15, -0.1) is 0 Å². The average molecular weight is 769 g/mol. The third-order valence-electron chi connectivity index (χ3n) is 10.2. The van der Waals surface area contributed by atoms with Crippen LogP contribution in [0.15, 0.2) is 0 Å². The minimum Gasteiger partial charge on any atom is -0.449 e. The van der Waals surface area contributed by atoms with Crippen molar-refractivity contribution in [3.8, 4) is 0 Å². The van der Waals surface area contributed by atoms with Crippen molar-refractivity contribution in [2.24, 2.45) is 0 Å². The fraction of sp³-hybridized carbons (Fsp3) is 0.933. The zero-order valence-corrected chi connectivity index (χ0v) is 35.8. The van der Waals surface area contributed by atoms with Crippen LogP contribution in [0, 0.1) is 0 Å². The highest BCUT2D eigenvalue weighted by Gasteiger charge is 2.24. The summed E-state index contributed by atoms with van der Waals surface area (Å²) >= 11 is 0. The Labute approximate surface area is 333 Å². The van der Waals surface area contributed by atoms with Crippen molar-refractivity contribution in [1.82, 2.24) is 10.6 Å². The number of methoxy groups -OCH3 is 1. The normalized spacial score (nSPS) is 11.8. The van der Waals surface area contributed by atoms with Crippen LogP contribution in [0.1, 0.15) is 219 Å². The van der Waals surface area contributed by atoms with E-state index in [1.807, 2.05) is 0 Å². The van der Waals surface area contributed by atoms with Crippen LogP contribution >= 0.6 is 0 Å². The summed E-state index contributed by atoms with van der Waals surface area (Å²) < 4.78 is 21.2. The molecule has 1 atom stereocenters. The summed E-state index contributed by atoms with van der Waals surface area (Å²) in [6, 6.07) is 0. The lowest BCUT2D eigenvalue weighted by Crippen LogP contribution is -2.43. The van der Waals surface area contributed by atoms with E-state index in [1.165, 1.54) is 167 Å². The molecule has 0 spiro atoms. The molecule has 0 aromatic carbocycles. The third-order valence-corrected chi connectivity index (χ3v) is 10.2. The number of carbonyl (C=O) groups is 3. The van der Waals surface area contributed by atoms with E-state index >= 15 is 0 Å². The number of hydrogen-bond acceptors (Lipinski definition) is 7. The Morgan fingerprint density at radius 2 is 0.870 bits per heavy atom. The number of ether oxygens (including phenoxy) is 4. The van der Waals surface area contributed by atoms with Gasteiger partial charge in [0.1, 0.15) is 6.61 Å². The lowest BCUT2D eigenvalue weighted by molar-refractivity contribution is -0.158. The van der Waals surface area contributed by atoms with Gasteiger partial charge in [-0.25, -0.2) is 4.79 Å². The fourth-order valence-corrected chi connectivity index (χ4v) is 6.69. The highest BCUT2D eigenvalue weighted by Crippen LogP contribution is 2.15. The van der Waals surface area contributed by atoms with Crippen molar-refractivity contribution in [2.75, 3.05) is 46.6 Å². The summed E-state index contributed by atoms with van der Waals surface area (Å²) in [6.45, 7) is 6.17. The van der Waals surface area contributed by atoms with Gasteiger partial charge in [0.15, 0.2) is 0 Å². The third kappa shape index (κ3) is 39.8. The Morgan fingerprint density at radius 1 is 0.463 bits per heavy atom. The maximum atomic E-state index is 12.8. The first kappa shape index (κ1) is 52.1. The van der Waals surface area contributed by atoms with Crippen LogP contribution in [-0.4, -0.2) is 70.7 Å². The van der Waals surface area contributed by atoms with E-state index < -0.39 is 24.1 Å². The van der Waals surface area contributed by atoms with Gasteiger partial charge in [0.2, 0.25) is 6.10 Å². The van der Waals surface area contributed by atoms with Crippen molar-refractivity contribution in [3.05, 3.63) is 0 Å². The standard InChI is InChI=1S/C45H88N2O7/c1-4-6-8-10-12-14-16-18-20-21-22-23-25-27-29-31-33-35-43(48)54-42(44(49)46-37-38-52-40-39-51-3)41-53-45(50)47-36-34-32-30-28-26-24-19-17-15-13-11-9-7-5-2/h42H,4-41H2,1-3H3,(H,46,49)(H,47,50). The summed E-state index contributed by atoms with van der Waals surface area (Å²) in [4.78, 5) is 37.8.